The van der Waals surface area contributed by atoms with Gasteiger partial charge in [-0.25, -0.2) is 0 Å². The topological polar surface area (TPSA) is 52.7 Å². The quantitative estimate of drug-likeness (QED) is 0.798. The maximum Gasteiger partial charge on any atom is 0.254 e. The summed E-state index contributed by atoms with van der Waals surface area (Å²) in [6.45, 7) is 3.06. The molecule has 2 aromatic carbocycles. The zero-order chi connectivity index (χ0) is 19.8. The lowest BCUT2D eigenvalue weighted by atomic mass is 9.93. The lowest BCUT2D eigenvalue weighted by Gasteiger charge is -2.35. The summed E-state index contributed by atoms with van der Waals surface area (Å²) in [7, 11) is 0. The molecule has 0 radical (unpaired) electrons. The number of piperidine rings is 1. The molecular formula is C24H30ClN3O2. The van der Waals surface area contributed by atoms with E-state index in [-0.39, 0.29) is 24.2 Å². The van der Waals surface area contributed by atoms with Crippen molar-refractivity contribution in [2.24, 2.45) is 5.92 Å². The van der Waals surface area contributed by atoms with E-state index in [0.29, 0.717) is 31.1 Å². The molecule has 5 rings (SSSR count). The molecule has 3 aliphatic rings. The van der Waals surface area contributed by atoms with Gasteiger partial charge < -0.3 is 15.1 Å². The van der Waals surface area contributed by atoms with Gasteiger partial charge >= 0.3 is 0 Å². The van der Waals surface area contributed by atoms with E-state index in [1.807, 2.05) is 47.4 Å². The van der Waals surface area contributed by atoms with Gasteiger partial charge in [0.1, 0.15) is 0 Å². The Morgan fingerprint density at radius 3 is 2.33 bits per heavy atom. The number of nitrogens with zero attached hydrogens (tertiary/aromatic N) is 2. The number of carbonyl (C=O) groups excluding carboxylic acids is 2. The van der Waals surface area contributed by atoms with Gasteiger partial charge in [-0.15, -0.1) is 12.4 Å². The van der Waals surface area contributed by atoms with E-state index in [0.717, 1.165) is 48.7 Å². The van der Waals surface area contributed by atoms with Crippen LogP contribution >= 0.6 is 12.4 Å². The molecule has 0 spiro atoms. The third kappa shape index (κ3) is 4.06. The lowest BCUT2D eigenvalue weighted by Crippen LogP contribution is -2.46. The molecule has 2 amide bonds. The van der Waals surface area contributed by atoms with Crippen molar-refractivity contribution in [3.63, 3.8) is 0 Å². The van der Waals surface area contributed by atoms with Crippen LogP contribution in [-0.2, 0) is 4.79 Å². The molecule has 6 heteroatoms. The number of halogens is 1. The van der Waals surface area contributed by atoms with E-state index >= 15 is 0 Å². The number of hydrogen-bond acceptors (Lipinski definition) is 3. The summed E-state index contributed by atoms with van der Waals surface area (Å²) in [5, 5.41) is 5.74. The minimum atomic E-state index is 0. The van der Waals surface area contributed by atoms with Crippen LogP contribution in [0.4, 0.5) is 0 Å². The van der Waals surface area contributed by atoms with Crippen molar-refractivity contribution in [1.82, 2.24) is 15.1 Å². The second-order valence-electron chi connectivity index (χ2n) is 8.80. The van der Waals surface area contributed by atoms with Crippen LogP contribution in [0.3, 0.4) is 0 Å². The third-order valence-electron chi connectivity index (χ3n) is 6.99. The van der Waals surface area contributed by atoms with Gasteiger partial charge in [-0.05, 0) is 48.9 Å². The predicted molar refractivity (Wildman–Crippen MR) is 121 cm³/mol. The molecule has 0 aromatic heterocycles. The molecule has 3 aliphatic heterocycles. The number of amides is 2. The second-order valence-corrected chi connectivity index (χ2v) is 8.80. The molecule has 3 fully saturated rings. The van der Waals surface area contributed by atoms with Crippen LogP contribution in [-0.4, -0.2) is 59.9 Å². The summed E-state index contributed by atoms with van der Waals surface area (Å²) < 4.78 is 0. The van der Waals surface area contributed by atoms with Crippen LogP contribution < -0.4 is 5.32 Å². The lowest BCUT2D eigenvalue weighted by molar-refractivity contribution is -0.137. The first kappa shape index (κ1) is 21.1. The fourth-order valence-corrected chi connectivity index (χ4v) is 5.31. The molecule has 2 unspecified atom stereocenters. The average Bonchev–Trinajstić information content (AvgIpc) is 3.11. The fraction of sp³-hybridized carbons (Fsp3) is 0.500. The molecule has 0 aliphatic carbocycles. The van der Waals surface area contributed by atoms with Gasteiger partial charge in [-0.2, -0.15) is 0 Å². The van der Waals surface area contributed by atoms with Gasteiger partial charge in [-0.3, -0.25) is 9.59 Å². The molecule has 2 bridgehead atoms. The van der Waals surface area contributed by atoms with Crippen molar-refractivity contribution in [1.29, 1.82) is 0 Å². The number of rotatable bonds is 2. The minimum Gasteiger partial charge on any atom is -0.341 e. The number of likely N-dealkylation sites (tertiary alicyclic amines) is 2. The highest BCUT2D eigenvalue weighted by molar-refractivity contribution is 6.07. The molecule has 2 aromatic rings. The minimum absolute atomic E-state index is 0. The molecule has 3 saturated heterocycles. The van der Waals surface area contributed by atoms with Crippen LogP contribution in [0.2, 0.25) is 0 Å². The Labute approximate surface area is 184 Å². The summed E-state index contributed by atoms with van der Waals surface area (Å²) >= 11 is 0. The van der Waals surface area contributed by atoms with E-state index < -0.39 is 0 Å². The van der Waals surface area contributed by atoms with Gasteiger partial charge in [0.25, 0.3) is 5.91 Å². The van der Waals surface area contributed by atoms with E-state index in [1.165, 1.54) is 12.8 Å². The van der Waals surface area contributed by atoms with Crippen LogP contribution in [0.25, 0.3) is 10.8 Å². The van der Waals surface area contributed by atoms with E-state index in [9.17, 15) is 9.59 Å². The van der Waals surface area contributed by atoms with Gasteiger partial charge in [0, 0.05) is 49.7 Å². The van der Waals surface area contributed by atoms with Gasteiger partial charge in [0.05, 0.1) is 0 Å². The summed E-state index contributed by atoms with van der Waals surface area (Å²) in [6.07, 6.45) is 5.05. The molecule has 1 N–H and O–H groups in total. The van der Waals surface area contributed by atoms with Gasteiger partial charge in [0.15, 0.2) is 0 Å². The highest BCUT2D eigenvalue weighted by atomic mass is 35.5. The number of hydrogen-bond donors (Lipinski definition) is 1. The van der Waals surface area contributed by atoms with Gasteiger partial charge in [0.2, 0.25) is 5.91 Å². The molecule has 3 heterocycles. The highest BCUT2D eigenvalue weighted by Crippen LogP contribution is 2.27. The largest absolute Gasteiger partial charge is 0.341 e. The van der Waals surface area contributed by atoms with E-state index in [1.54, 1.807) is 0 Å². The molecule has 2 atom stereocenters. The standard InChI is InChI=1S/C24H29N3O2.ClH/c28-23(27-15-12-19-8-9-20(16-27)25-19)18-10-13-26(14-11-18)24(29)22-7-3-5-17-4-1-2-6-21(17)22;/h1-7,18-20,25H,8-16H2;1H. The summed E-state index contributed by atoms with van der Waals surface area (Å²) in [4.78, 5) is 30.3. The Morgan fingerprint density at radius 1 is 0.800 bits per heavy atom. The Morgan fingerprint density at radius 2 is 1.50 bits per heavy atom. The third-order valence-corrected chi connectivity index (χ3v) is 6.99. The summed E-state index contributed by atoms with van der Waals surface area (Å²) in [5.74, 6) is 0.448. The first-order valence-corrected chi connectivity index (χ1v) is 11.0. The number of benzene rings is 2. The Hall–Kier alpha value is -2.11. The number of fused-ring (bicyclic) bond motifs is 3. The SMILES string of the molecule is Cl.O=C(c1cccc2ccccc12)N1CCC(C(=O)N2CCC3CCC(C2)N3)CC1. The summed E-state index contributed by atoms with van der Waals surface area (Å²) in [5.41, 5.74) is 0.766. The Kier molecular flexibility index (Phi) is 6.30. The molecule has 0 saturated carbocycles. The van der Waals surface area contributed by atoms with Gasteiger partial charge in [-0.1, -0.05) is 36.4 Å². The maximum atomic E-state index is 13.1. The molecule has 5 nitrogen and oxygen atoms in total. The van der Waals surface area contributed by atoms with Crippen LogP contribution in [0.1, 0.15) is 42.5 Å². The zero-order valence-corrected chi connectivity index (χ0v) is 18.1. The molecule has 160 valence electrons. The zero-order valence-electron chi connectivity index (χ0n) is 17.3. The van der Waals surface area contributed by atoms with Crippen molar-refractivity contribution in [3.8, 4) is 0 Å². The maximum absolute atomic E-state index is 13.1. The van der Waals surface area contributed by atoms with Crippen LogP contribution in [0, 0.1) is 5.92 Å². The van der Waals surface area contributed by atoms with Crippen LogP contribution in [0.15, 0.2) is 42.5 Å². The van der Waals surface area contributed by atoms with Crippen molar-refractivity contribution in [3.05, 3.63) is 48.0 Å². The highest BCUT2D eigenvalue weighted by Gasteiger charge is 2.35. The van der Waals surface area contributed by atoms with Crippen molar-refractivity contribution in [2.75, 3.05) is 26.2 Å². The summed E-state index contributed by atoms with van der Waals surface area (Å²) in [6, 6.07) is 15.0. The fourth-order valence-electron chi connectivity index (χ4n) is 5.31. The van der Waals surface area contributed by atoms with Crippen molar-refractivity contribution >= 4 is 35.0 Å². The molecule has 30 heavy (non-hydrogen) atoms. The average molecular weight is 428 g/mol. The monoisotopic (exact) mass is 427 g/mol. The van der Waals surface area contributed by atoms with E-state index in [2.05, 4.69) is 10.2 Å². The first-order valence-electron chi connectivity index (χ1n) is 11.0. The Balaban J connectivity index is 0.00000218. The Bertz CT molecular complexity index is 920. The smallest absolute Gasteiger partial charge is 0.254 e. The molecular weight excluding hydrogens is 398 g/mol. The van der Waals surface area contributed by atoms with Crippen molar-refractivity contribution < 1.29 is 9.59 Å². The normalized spacial score (nSPS) is 24.4. The van der Waals surface area contributed by atoms with Crippen LogP contribution in [0.5, 0.6) is 0 Å². The second kappa shape index (κ2) is 8.94. The number of carbonyl (C=O) groups is 2. The first-order chi connectivity index (χ1) is 14.2. The van der Waals surface area contributed by atoms with Crippen molar-refractivity contribution in [2.45, 2.75) is 44.2 Å². The number of nitrogens with one attached hydrogen (secondary N) is 1. The van der Waals surface area contributed by atoms with E-state index in [4.69, 9.17) is 0 Å². The predicted octanol–water partition coefficient (Wildman–Crippen LogP) is 3.47.